The summed E-state index contributed by atoms with van der Waals surface area (Å²) in [6.07, 6.45) is 3.16. The molecule has 0 aliphatic carbocycles. The summed E-state index contributed by atoms with van der Waals surface area (Å²) in [6.45, 7) is 4.43. The van der Waals surface area contributed by atoms with Gasteiger partial charge in [-0.05, 0) is 44.4 Å². The highest BCUT2D eigenvalue weighted by atomic mass is 32.2. The molecule has 0 aromatic heterocycles. The molecule has 112 valence electrons. The maximum absolute atomic E-state index is 12.5. The van der Waals surface area contributed by atoms with Crippen LogP contribution in [0, 0.1) is 0 Å². The van der Waals surface area contributed by atoms with Crippen molar-refractivity contribution in [3.63, 3.8) is 0 Å². The van der Waals surface area contributed by atoms with Gasteiger partial charge in [-0.15, -0.1) is 4.83 Å². The van der Waals surface area contributed by atoms with E-state index < -0.39 is 10.0 Å². The van der Waals surface area contributed by atoms with E-state index in [1.54, 1.807) is 18.2 Å². The van der Waals surface area contributed by atoms with E-state index in [4.69, 9.17) is 5.73 Å². The fourth-order valence-corrected chi connectivity index (χ4v) is 3.94. The van der Waals surface area contributed by atoms with E-state index in [9.17, 15) is 8.42 Å². The van der Waals surface area contributed by atoms with E-state index in [0.717, 1.165) is 24.8 Å². The molecule has 2 rings (SSSR count). The van der Waals surface area contributed by atoms with E-state index in [1.807, 2.05) is 11.1 Å². The Bertz CT molecular complexity index is 549. The van der Waals surface area contributed by atoms with Crippen LogP contribution in [0.1, 0.15) is 38.7 Å². The number of nitrogens with zero attached hydrogens (tertiary/aromatic N) is 1. The fraction of sp³-hybridized carbons (Fsp3) is 0.571. The van der Waals surface area contributed by atoms with E-state index in [0.29, 0.717) is 6.54 Å². The van der Waals surface area contributed by atoms with Crippen LogP contribution in [-0.2, 0) is 16.6 Å². The van der Waals surface area contributed by atoms with Crippen LogP contribution < -0.4 is 10.6 Å². The second-order valence-corrected chi connectivity index (χ2v) is 7.14. The van der Waals surface area contributed by atoms with Gasteiger partial charge in [-0.3, -0.25) is 0 Å². The van der Waals surface area contributed by atoms with Crippen molar-refractivity contribution in [2.45, 2.75) is 56.6 Å². The minimum Gasteiger partial charge on any atom is -0.326 e. The first-order valence-corrected chi connectivity index (χ1v) is 8.52. The molecule has 1 aliphatic heterocycles. The maximum Gasteiger partial charge on any atom is 0.253 e. The van der Waals surface area contributed by atoms with E-state index in [1.165, 1.54) is 0 Å². The standard InChI is InChI=1S/C14H23N3O2S/c1-11-5-3-6-12(2)17(11)16-20(18,19)14-8-4-7-13(9-14)10-15/h4,7-9,11-12,16H,3,5-6,10,15H2,1-2H3. The number of nitrogens with two attached hydrogens (primary N) is 1. The number of benzene rings is 1. The smallest absolute Gasteiger partial charge is 0.253 e. The van der Waals surface area contributed by atoms with Crippen LogP contribution in [-0.4, -0.2) is 25.5 Å². The van der Waals surface area contributed by atoms with Gasteiger partial charge in [0.1, 0.15) is 0 Å². The summed E-state index contributed by atoms with van der Waals surface area (Å²) < 4.78 is 24.9. The van der Waals surface area contributed by atoms with Crippen molar-refractivity contribution in [3.8, 4) is 0 Å². The molecular weight excluding hydrogens is 274 g/mol. The van der Waals surface area contributed by atoms with Gasteiger partial charge in [0, 0.05) is 18.6 Å². The monoisotopic (exact) mass is 297 g/mol. The van der Waals surface area contributed by atoms with Gasteiger partial charge >= 0.3 is 0 Å². The highest BCUT2D eigenvalue weighted by molar-refractivity contribution is 7.89. The first-order chi connectivity index (χ1) is 9.44. The van der Waals surface area contributed by atoms with Crippen molar-refractivity contribution < 1.29 is 8.42 Å². The van der Waals surface area contributed by atoms with Crippen LogP contribution in [0.4, 0.5) is 0 Å². The quantitative estimate of drug-likeness (QED) is 0.885. The first-order valence-electron chi connectivity index (χ1n) is 7.04. The van der Waals surface area contributed by atoms with Gasteiger partial charge in [-0.2, -0.15) is 0 Å². The van der Waals surface area contributed by atoms with Gasteiger partial charge in [0.15, 0.2) is 0 Å². The predicted octanol–water partition coefficient (Wildman–Crippen LogP) is 1.60. The molecule has 1 fully saturated rings. The summed E-state index contributed by atoms with van der Waals surface area (Å²) in [4.78, 5) is 3.00. The number of hydrazine groups is 1. The van der Waals surface area contributed by atoms with Gasteiger partial charge in [-0.25, -0.2) is 13.4 Å². The normalized spacial score (nSPS) is 24.8. The minimum atomic E-state index is -3.54. The summed E-state index contributed by atoms with van der Waals surface area (Å²) >= 11 is 0. The number of rotatable bonds is 4. The molecule has 3 N–H and O–H groups in total. The molecule has 0 spiro atoms. The molecule has 2 atom stereocenters. The second-order valence-electron chi connectivity index (χ2n) is 5.48. The largest absolute Gasteiger partial charge is 0.326 e. The number of sulfonamides is 1. The Balaban J connectivity index is 2.21. The summed E-state index contributed by atoms with van der Waals surface area (Å²) in [5, 5.41) is 1.86. The Morgan fingerprint density at radius 2 is 1.95 bits per heavy atom. The molecular formula is C14H23N3O2S. The van der Waals surface area contributed by atoms with Gasteiger partial charge < -0.3 is 5.73 Å². The molecule has 2 unspecified atom stereocenters. The molecule has 1 aromatic rings. The number of piperidine rings is 1. The molecule has 0 bridgehead atoms. The first kappa shape index (κ1) is 15.4. The molecule has 1 heterocycles. The van der Waals surface area contributed by atoms with Crippen LogP contribution in [0.3, 0.4) is 0 Å². The number of hydrogen-bond acceptors (Lipinski definition) is 4. The fourth-order valence-electron chi connectivity index (χ4n) is 2.63. The van der Waals surface area contributed by atoms with Crippen LogP contribution in [0.2, 0.25) is 0 Å². The van der Waals surface area contributed by atoms with Gasteiger partial charge in [0.05, 0.1) is 4.90 Å². The average Bonchev–Trinajstić information content (AvgIpc) is 2.43. The second kappa shape index (κ2) is 6.22. The van der Waals surface area contributed by atoms with Gasteiger partial charge in [0.2, 0.25) is 0 Å². The third-order valence-corrected chi connectivity index (χ3v) is 5.19. The van der Waals surface area contributed by atoms with E-state index in [2.05, 4.69) is 18.7 Å². The molecule has 20 heavy (non-hydrogen) atoms. The topological polar surface area (TPSA) is 75.4 Å². The Morgan fingerprint density at radius 3 is 2.55 bits per heavy atom. The SMILES string of the molecule is CC1CCCC(C)N1NS(=O)(=O)c1cccc(CN)c1. The lowest BCUT2D eigenvalue weighted by Crippen LogP contribution is -2.53. The lowest BCUT2D eigenvalue weighted by molar-refractivity contribution is 0.0790. The van der Waals surface area contributed by atoms with Crippen molar-refractivity contribution in [1.29, 1.82) is 0 Å². The van der Waals surface area contributed by atoms with Gasteiger partial charge in [0.25, 0.3) is 10.0 Å². The molecule has 1 saturated heterocycles. The van der Waals surface area contributed by atoms with Crippen molar-refractivity contribution in [1.82, 2.24) is 9.84 Å². The maximum atomic E-state index is 12.5. The molecule has 0 radical (unpaired) electrons. The highest BCUT2D eigenvalue weighted by Crippen LogP contribution is 2.22. The van der Waals surface area contributed by atoms with Crippen molar-refractivity contribution in [2.75, 3.05) is 0 Å². The summed E-state index contributed by atoms with van der Waals surface area (Å²) in [7, 11) is -3.54. The average molecular weight is 297 g/mol. The summed E-state index contributed by atoms with van der Waals surface area (Å²) in [5.74, 6) is 0. The molecule has 6 heteroatoms. The van der Waals surface area contributed by atoms with Crippen LogP contribution >= 0.6 is 0 Å². The third-order valence-electron chi connectivity index (χ3n) is 3.86. The lowest BCUT2D eigenvalue weighted by atomic mass is 10.0. The van der Waals surface area contributed by atoms with Crippen LogP contribution in [0.5, 0.6) is 0 Å². The number of hydrogen-bond donors (Lipinski definition) is 2. The Hall–Kier alpha value is -0.950. The van der Waals surface area contributed by atoms with Crippen molar-refractivity contribution in [2.24, 2.45) is 5.73 Å². The molecule has 1 aromatic carbocycles. The highest BCUT2D eigenvalue weighted by Gasteiger charge is 2.29. The predicted molar refractivity (Wildman–Crippen MR) is 79.3 cm³/mol. The van der Waals surface area contributed by atoms with E-state index >= 15 is 0 Å². The molecule has 0 amide bonds. The van der Waals surface area contributed by atoms with Crippen molar-refractivity contribution >= 4 is 10.0 Å². The Kier molecular flexibility index (Phi) is 4.80. The zero-order valence-electron chi connectivity index (χ0n) is 12.0. The molecule has 5 nitrogen and oxygen atoms in total. The van der Waals surface area contributed by atoms with Crippen molar-refractivity contribution in [3.05, 3.63) is 29.8 Å². The third kappa shape index (κ3) is 3.38. The van der Waals surface area contributed by atoms with E-state index in [-0.39, 0.29) is 17.0 Å². The lowest BCUT2D eigenvalue weighted by Gasteiger charge is -2.38. The Labute approximate surface area is 121 Å². The molecule has 1 aliphatic rings. The minimum absolute atomic E-state index is 0.214. The summed E-state index contributed by atoms with van der Waals surface area (Å²) in [5.41, 5.74) is 6.38. The zero-order valence-corrected chi connectivity index (χ0v) is 12.9. The summed E-state index contributed by atoms with van der Waals surface area (Å²) in [6, 6.07) is 7.20. The van der Waals surface area contributed by atoms with Gasteiger partial charge in [-0.1, -0.05) is 18.6 Å². The number of nitrogens with one attached hydrogen (secondary N) is 1. The molecule has 0 saturated carbocycles. The van der Waals surface area contributed by atoms with Crippen LogP contribution in [0.15, 0.2) is 29.2 Å². The Morgan fingerprint density at radius 1 is 1.30 bits per heavy atom. The van der Waals surface area contributed by atoms with Crippen LogP contribution in [0.25, 0.3) is 0 Å². The zero-order chi connectivity index (χ0) is 14.8.